The number of thioether (sulfide) groups is 1. The van der Waals surface area contributed by atoms with Gasteiger partial charge < -0.3 is 9.88 Å². The zero-order valence-electron chi connectivity index (χ0n) is 14.0. The molecule has 0 aliphatic rings. The Bertz CT molecular complexity index is 720. The van der Waals surface area contributed by atoms with Crippen LogP contribution in [0.4, 0.5) is 0 Å². The number of amides is 1. The molecule has 0 saturated heterocycles. The maximum absolute atomic E-state index is 12.5. The molecule has 0 fully saturated rings. The second-order valence-electron chi connectivity index (χ2n) is 5.77. The summed E-state index contributed by atoms with van der Waals surface area (Å²) in [4.78, 5) is 12.5. The third-order valence-corrected chi connectivity index (χ3v) is 5.17. The van der Waals surface area contributed by atoms with E-state index in [0.29, 0.717) is 10.0 Å². The van der Waals surface area contributed by atoms with E-state index < -0.39 is 0 Å². The largest absolute Gasteiger partial charge is 0.349 e. The van der Waals surface area contributed by atoms with E-state index in [2.05, 4.69) is 15.5 Å². The molecule has 0 aliphatic heterocycles. The summed E-state index contributed by atoms with van der Waals surface area (Å²) in [7, 11) is 0. The van der Waals surface area contributed by atoms with Gasteiger partial charge in [0, 0.05) is 16.1 Å². The lowest BCUT2D eigenvalue weighted by Crippen LogP contribution is -2.33. The minimum atomic E-state index is -0.305. The van der Waals surface area contributed by atoms with Crippen molar-refractivity contribution in [2.45, 2.75) is 50.2 Å². The molecule has 2 atom stereocenters. The molecule has 5 nitrogen and oxygen atoms in total. The Morgan fingerprint density at radius 2 is 1.96 bits per heavy atom. The normalized spacial score (nSPS) is 13.8. The van der Waals surface area contributed by atoms with Gasteiger partial charge >= 0.3 is 0 Å². The quantitative estimate of drug-likeness (QED) is 0.741. The topological polar surface area (TPSA) is 59.8 Å². The van der Waals surface area contributed by atoms with Crippen molar-refractivity contribution < 1.29 is 4.79 Å². The molecule has 0 aliphatic carbocycles. The molecule has 2 rings (SSSR count). The zero-order valence-corrected chi connectivity index (χ0v) is 16.3. The van der Waals surface area contributed by atoms with Crippen LogP contribution in [0, 0.1) is 0 Å². The van der Waals surface area contributed by atoms with Gasteiger partial charge in [-0.25, -0.2) is 0 Å². The number of hydrogen-bond acceptors (Lipinski definition) is 4. The Morgan fingerprint density at radius 1 is 1.25 bits per heavy atom. The molecule has 130 valence electrons. The fourth-order valence-electron chi connectivity index (χ4n) is 2.14. The summed E-state index contributed by atoms with van der Waals surface area (Å²) in [5, 5.41) is 12.5. The third kappa shape index (κ3) is 4.65. The van der Waals surface area contributed by atoms with Crippen LogP contribution in [0.2, 0.25) is 10.0 Å². The summed E-state index contributed by atoms with van der Waals surface area (Å²) in [5.41, 5.74) is 0.831. The van der Waals surface area contributed by atoms with Crippen molar-refractivity contribution in [3.05, 3.63) is 40.1 Å². The van der Waals surface area contributed by atoms with Crippen LogP contribution in [0.1, 0.15) is 45.3 Å². The average Bonchev–Trinajstić information content (AvgIpc) is 2.95. The molecule has 1 heterocycles. The van der Waals surface area contributed by atoms with Crippen molar-refractivity contribution in [3.63, 3.8) is 0 Å². The monoisotopic (exact) mass is 386 g/mol. The van der Waals surface area contributed by atoms with Crippen molar-refractivity contribution in [1.29, 1.82) is 0 Å². The second kappa shape index (κ2) is 8.23. The molecule has 0 radical (unpaired) electrons. The van der Waals surface area contributed by atoms with Gasteiger partial charge in [0.15, 0.2) is 5.16 Å². The van der Waals surface area contributed by atoms with E-state index in [4.69, 9.17) is 23.2 Å². The van der Waals surface area contributed by atoms with Crippen LogP contribution in [-0.4, -0.2) is 25.9 Å². The lowest BCUT2D eigenvalue weighted by molar-refractivity contribution is -0.120. The Balaban J connectivity index is 2.01. The number of aromatic nitrogens is 3. The number of rotatable bonds is 6. The van der Waals surface area contributed by atoms with Crippen LogP contribution >= 0.6 is 35.0 Å². The number of carbonyl (C=O) groups is 1. The molecule has 24 heavy (non-hydrogen) atoms. The highest BCUT2D eigenvalue weighted by Gasteiger charge is 2.21. The number of benzene rings is 1. The van der Waals surface area contributed by atoms with Crippen LogP contribution in [0.3, 0.4) is 0 Å². The van der Waals surface area contributed by atoms with E-state index in [0.717, 1.165) is 10.7 Å². The van der Waals surface area contributed by atoms with Gasteiger partial charge in [-0.05, 0) is 45.4 Å². The summed E-state index contributed by atoms with van der Waals surface area (Å²) >= 11 is 13.5. The summed E-state index contributed by atoms with van der Waals surface area (Å²) in [5.74, 6) is -0.0863. The number of carbonyl (C=O) groups excluding carboxylic acids is 1. The first kappa shape index (κ1) is 19.1. The molecule has 1 amide bonds. The van der Waals surface area contributed by atoms with E-state index in [1.54, 1.807) is 18.5 Å². The smallest absolute Gasteiger partial charge is 0.233 e. The SMILES string of the molecule is CC(C)n1cnnc1S[C@H](C)C(=O)N[C@@H](C)c1ccc(Cl)cc1Cl. The van der Waals surface area contributed by atoms with Gasteiger partial charge in [0.25, 0.3) is 0 Å². The number of nitrogens with zero attached hydrogens (tertiary/aromatic N) is 3. The fourth-order valence-corrected chi connectivity index (χ4v) is 3.68. The number of nitrogens with one attached hydrogen (secondary N) is 1. The molecule has 0 bridgehead atoms. The molecule has 1 aromatic carbocycles. The summed E-state index contributed by atoms with van der Waals surface area (Å²) in [6.45, 7) is 7.82. The van der Waals surface area contributed by atoms with Crippen LogP contribution in [0.25, 0.3) is 0 Å². The molecular formula is C16H20Cl2N4OS. The van der Waals surface area contributed by atoms with E-state index in [9.17, 15) is 4.79 Å². The molecule has 0 saturated carbocycles. The number of halogens is 2. The van der Waals surface area contributed by atoms with Gasteiger partial charge in [0.1, 0.15) is 6.33 Å². The Morgan fingerprint density at radius 3 is 2.58 bits per heavy atom. The van der Waals surface area contributed by atoms with Gasteiger partial charge in [-0.1, -0.05) is 41.0 Å². The van der Waals surface area contributed by atoms with Gasteiger partial charge in [-0.3, -0.25) is 4.79 Å². The molecule has 8 heteroatoms. The van der Waals surface area contributed by atoms with Crippen LogP contribution in [0.5, 0.6) is 0 Å². The second-order valence-corrected chi connectivity index (χ2v) is 7.92. The van der Waals surface area contributed by atoms with Crippen LogP contribution < -0.4 is 5.32 Å². The minimum Gasteiger partial charge on any atom is -0.349 e. The Hall–Kier alpha value is -1.24. The summed E-state index contributed by atoms with van der Waals surface area (Å²) in [6, 6.07) is 5.28. The van der Waals surface area contributed by atoms with Crippen molar-refractivity contribution in [3.8, 4) is 0 Å². The zero-order chi connectivity index (χ0) is 17.9. The molecular weight excluding hydrogens is 367 g/mol. The number of hydrogen-bond donors (Lipinski definition) is 1. The molecule has 0 unspecified atom stereocenters. The lowest BCUT2D eigenvalue weighted by atomic mass is 10.1. The van der Waals surface area contributed by atoms with Crippen LogP contribution in [-0.2, 0) is 4.79 Å². The van der Waals surface area contributed by atoms with Crippen molar-refractivity contribution >= 4 is 40.9 Å². The third-order valence-electron chi connectivity index (χ3n) is 3.54. The average molecular weight is 387 g/mol. The molecule has 1 N–H and O–H groups in total. The van der Waals surface area contributed by atoms with E-state index >= 15 is 0 Å². The van der Waals surface area contributed by atoms with Gasteiger partial charge in [0.2, 0.25) is 5.91 Å². The van der Waals surface area contributed by atoms with Crippen molar-refractivity contribution in [2.75, 3.05) is 0 Å². The summed E-state index contributed by atoms with van der Waals surface area (Å²) < 4.78 is 1.94. The van der Waals surface area contributed by atoms with E-state index in [-0.39, 0.29) is 23.2 Å². The lowest BCUT2D eigenvalue weighted by Gasteiger charge is -2.19. The molecule has 1 aromatic heterocycles. The Kier molecular flexibility index (Phi) is 6.54. The maximum Gasteiger partial charge on any atom is 0.233 e. The summed E-state index contributed by atoms with van der Waals surface area (Å²) in [6.07, 6.45) is 1.67. The van der Waals surface area contributed by atoms with Gasteiger partial charge in [0.05, 0.1) is 11.3 Å². The maximum atomic E-state index is 12.5. The first-order chi connectivity index (χ1) is 11.3. The highest BCUT2D eigenvalue weighted by atomic mass is 35.5. The minimum absolute atomic E-state index is 0.0863. The molecule has 2 aromatic rings. The predicted molar refractivity (Wildman–Crippen MR) is 98.7 cm³/mol. The molecule has 0 spiro atoms. The van der Waals surface area contributed by atoms with Crippen molar-refractivity contribution in [1.82, 2.24) is 20.1 Å². The van der Waals surface area contributed by atoms with Gasteiger partial charge in [-0.15, -0.1) is 10.2 Å². The van der Waals surface area contributed by atoms with Gasteiger partial charge in [-0.2, -0.15) is 0 Å². The standard InChI is InChI=1S/C16H20Cl2N4OS/c1-9(2)22-8-19-21-16(22)24-11(4)15(23)20-10(3)13-6-5-12(17)7-14(13)18/h5-11H,1-4H3,(H,20,23)/t10-,11+/m0/s1. The fraction of sp³-hybridized carbons (Fsp3) is 0.438. The van der Waals surface area contributed by atoms with Crippen molar-refractivity contribution in [2.24, 2.45) is 0 Å². The van der Waals surface area contributed by atoms with E-state index in [1.807, 2.05) is 38.3 Å². The van der Waals surface area contributed by atoms with E-state index in [1.165, 1.54) is 11.8 Å². The highest BCUT2D eigenvalue weighted by Crippen LogP contribution is 2.27. The highest BCUT2D eigenvalue weighted by molar-refractivity contribution is 8.00. The first-order valence-corrected chi connectivity index (χ1v) is 9.24. The van der Waals surface area contributed by atoms with Crippen LogP contribution in [0.15, 0.2) is 29.7 Å². The first-order valence-electron chi connectivity index (χ1n) is 7.61. The predicted octanol–water partition coefficient (Wildman–Crippen LogP) is 4.52. The Labute approximate surface area is 156 Å².